The highest BCUT2D eigenvalue weighted by molar-refractivity contribution is 7.51. The summed E-state index contributed by atoms with van der Waals surface area (Å²) < 4.78 is 32.5. The van der Waals surface area contributed by atoms with E-state index in [0.717, 1.165) is 0 Å². The molecule has 1 unspecified atom stereocenters. The molecule has 1 fully saturated rings. The summed E-state index contributed by atoms with van der Waals surface area (Å²) in [5.74, 6) is 0. The topological polar surface area (TPSA) is 135 Å². The highest BCUT2D eigenvalue weighted by Gasteiger charge is 2.55. The number of aliphatic hydroxyl groups is 2. The zero-order chi connectivity index (χ0) is 17.0. The lowest BCUT2D eigenvalue weighted by Crippen LogP contribution is -2.55. The van der Waals surface area contributed by atoms with E-state index in [1.54, 1.807) is 6.92 Å². The quantitative estimate of drug-likeness (QED) is 0.298. The molecule has 1 saturated heterocycles. The monoisotopic (exact) mass is 344 g/mol. The van der Waals surface area contributed by atoms with Crippen molar-refractivity contribution < 1.29 is 43.5 Å². The van der Waals surface area contributed by atoms with Crippen LogP contribution in [-0.2, 0) is 23.5 Å². The molecule has 10 heteroatoms. The van der Waals surface area contributed by atoms with Gasteiger partial charge in [0.1, 0.15) is 23.9 Å². The molecule has 0 radical (unpaired) electrons. The number of hydrogen-bond donors (Lipinski definition) is 4. The zero-order valence-electron chi connectivity index (χ0n) is 12.9. The Morgan fingerprint density at radius 1 is 1.23 bits per heavy atom. The fraction of sp³-hybridized carbons (Fsp3) is 1.00. The number of methoxy groups -OCH3 is 2. The lowest BCUT2D eigenvalue weighted by molar-refractivity contribution is -0.143. The summed E-state index contributed by atoms with van der Waals surface area (Å²) in [5, 5.41) is 19.9. The Bertz CT molecular complexity index is 387. The first-order chi connectivity index (χ1) is 10.2. The van der Waals surface area contributed by atoms with Gasteiger partial charge in [0, 0.05) is 14.2 Å². The second kappa shape index (κ2) is 8.14. The van der Waals surface area contributed by atoms with Crippen LogP contribution >= 0.6 is 7.60 Å². The van der Waals surface area contributed by atoms with Crippen molar-refractivity contribution in [2.75, 3.05) is 40.2 Å². The SMILES string of the molecule is COCCO[C@@H]1[C@H](OC)[C@@H](C(O)(CO)CP(=O)(O)O)O[C@H]1C. The van der Waals surface area contributed by atoms with Crippen molar-refractivity contribution in [2.24, 2.45) is 0 Å². The molecule has 22 heavy (non-hydrogen) atoms. The van der Waals surface area contributed by atoms with E-state index in [2.05, 4.69) is 0 Å². The Morgan fingerprint density at radius 3 is 2.32 bits per heavy atom. The van der Waals surface area contributed by atoms with E-state index in [1.807, 2.05) is 0 Å². The minimum Gasteiger partial charge on any atom is -0.393 e. The van der Waals surface area contributed by atoms with E-state index in [4.69, 9.17) is 28.7 Å². The van der Waals surface area contributed by atoms with Crippen molar-refractivity contribution in [3.8, 4) is 0 Å². The van der Waals surface area contributed by atoms with E-state index in [1.165, 1.54) is 14.2 Å². The van der Waals surface area contributed by atoms with Gasteiger partial charge >= 0.3 is 7.60 Å². The van der Waals surface area contributed by atoms with Crippen molar-refractivity contribution in [3.63, 3.8) is 0 Å². The molecule has 0 spiro atoms. The Balaban J connectivity index is 2.90. The second-order valence-electron chi connectivity index (χ2n) is 5.37. The molecule has 0 aromatic rings. The molecule has 9 nitrogen and oxygen atoms in total. The molecule has 4 N–H and O–H groups in total. The summed E-state index contributed by atoms with van der Waals surface area (Å²) in [6, 6.07) is 0. The highest BCUT2D eigenvalue weighted by atomic mass is 31.2. The molecular weight excluding hydrogens is 319 g/mol. The molecule has 0 amide bonds. The van der Waals surface area contributed by atoms with Crippen molar-refractivity contribution in [1.29, 1.82) is 0 Å². The molecule has 1 rings (SSSR count). The second-order valence-corrected chi connectivity index (χ2v) is 7.02. The predicted octanol–water partition coefficient (Wildman–Crippen LogP) is -1.28. The maximum absolute atomic E-state index is 11.2. The zero-order valence-corrected chi connectivity index (χ0v) is 13.8. The van der Waals surface area contributed by atoms with Gasteiger partial charge in [0.05, 0.1) is 32.1 Å². The number of ether oxygens (including phenoxy) is 4. The first-order valence-electron chi connectivity index (χ1n) is 6.85. The standard InChI is InChI=1S/C12H25O9P/c1-8-9(20-5-4-18-2)10(19-3)11(21-8)12(14,6-13)7-22(15,16)17/h8-11,13-14H,4-7H2,1-3H3,(H2,15,16,17)/t8-,9-,10-,11-,12?/m0/s1. The van der Waals surface area contributed by atoms with Gasteiger partial charge in [0.15, 0.2) is 0 Å². The van der Waals surface area contributed by atoms with Crippen LogP contribution in [0.25, 0.3) is 0 Å². The van der Waals surface area contributed by atoms with Crippen LogP contribution in [-0.4, -0.2) is 90.2 Å². The molecule has 1 aliphatic heterocycles. The van der Waals surface area contributed by atoms with Gasteiger partial charge < -0.3 is 38.9 Å². The van der Waals surface area contributed by atoms with E-state index in [-0.39, 0.29) is 6.61 Å². The van der Waals surface area contributed by atoms with Gasteiger partial charge in [-0.2, -0.15) is 0 Å². The third-order valence-electron chi connectivity index (χ3n) is 3.60. The average molecular weight is 344 g/mol. The maximum atomic E-state index is 11.2. The summed E-state index contributed by atoms with van der Waals surface area (Å²) in [4.78, 5) is 18.2. The van der Waals surface area contributed by atoms with Gasteiger partial charge in [-0.1, -0.05) is 0 Å². The molecule has 0 aromatic heterocycles. The number of hydrogen-bond acceptors (Lipinski definition) is 7. The number of aliphatic hydroxyl groups excluding tert-OH is 1. The molecular formula is C12H25O9P. The Morgan fingerprint density at radius 2 is 1.86 bits per heavy atom. The molecule has 0 bridgehead atoms. The van der Waals surface area contributed by atoms with Crippen LogP contribution < -0.4 is 0 Å². The predicted molar refractivity (Wildman–Crippen MR) is 75.7 cm³/mol. The molecule has 5 atom stereocenters. The van der Waals surface area contributed by atoms with Crippen LogP contribution in [0.15, 0.2) is 0 Å². The van der Waals surface area contributed by atoms with Crippen molar-refractivity contribution in [3.05, 3.63) is 0 Å². The van der Waals surface area contributed by atoms with Gasteiger partial charge in [-0.3, -0.25) is 4.57 Å². The normalized spacial score (nSPS) is 32.1. The van der Waals surface area contributed by atoms with E-state index >= 15 is 0 Å². The third-order valence-corrected chi connectivity index (χ3v) is 4.56. The summed E-state index contributed by atoms with van der Waals surface area (Å²) in [7, 11) is -1.66. The van der Waals surface area contributed by atoms with E-state index < -0.39 is 50.4 Å². The van der Waals surface area contributed by atoms with Gasteiger partial charge in [-0.05, 0) is 6.92 Å². The molecule has 1 aliphatic rings. The minimum absolute atomic E-state index is 0.275. The van der Waals surface area contributed by atoms with Crippen LogP contribution in [0.4, 0.5) is 0 Å². The Labute approximate surface area is 129 Å². The lowest BCUT2D eigenvalue weighted by atomic mass is 9.93. The highest BCUT2D eigenvalue weighted by Crippen LogP contribution is 2.43. The van der Waals surface area contributed by atoms with Gasteiger partial charge in [-0.25, -0.2) is 0 Å². The van der Waals surface area contributed by atoms with Crippen LogP contribution in [0, 0.1) is 0 Å². The Hall–Kier alpha value is -0.0900. The third kappa shape index (κ3) is 4.95. The lowest BCUT2D eigenvalue weighted by Gasteiger charge is -2.34. The first-order valence-corrected chi connectivity index (χ1v) is 8.65. The van der Waals surface area contributed by atoms with Crippen LogP contribution in [0.3, 0.4) is 0 Å². The van der Waals surface area contributed by atoms with Crippen LogP contribution in [0.1, 0.15) is 6.92 Å². The maximum Gasteiger partial charge on any atom is 0.328 e. The first kappa shape index (κ1) is 20.0. The smallest absolute Gasteiger partial charge is 0.328 e. The van der Waals surface area contributed by atoms with Crippen molar-refractivity contribution in [1.82, 2.24) is 0 Å². The molecule has 0 aliphatic carbocycles. The molecule has 0 saturated carbocycles. The summed E-state index contributed by atoms with van der Waals surface area (Å²) in [6.07, 6.45) is -3.88. The van der Waals surface area contributed by atoms with E-state index in [0.29, 0.717) is 6.61 Å². The fourth-order valence-electron chi connectivity index (χ4n) is 2.60. The molecule has 0 aromatic carbocycles. The summed E-state index contributed by atoms with van der Waals surface area (Å²) in [6.45, 7) is 1.45. The fourth-order valence-corrected chi connectivity index (χ4v) is 3.59. The van der Waals surface area contributed by atoms with Gasteiger partial charge in [0.25, 0.3) is 0 Å². The van der Waals surface area contributed by atoms with E-state index in [9.17, 15) is 14.8 Å². The van der Waals surface area contributed by atoms with Crippen LogP contribution in [0.5, 0.6) is 0 Å². The van der Waals surface area contributed by atoms with Gasteiger partial charge in [-0.15, -0.1) is 0 Å². The Kier molecular flexibility index (Phi) is 7.38. The number of rotatable bonds is 9. The summed E-state index contributed by atoms with van der Waals surface area (Å²) in [5.41, 5.74) is -2.13. The average Bonchev–Trinajstić information content (AvgIpc) is 2.74. The van der Waals surface area contributed by atoms with Crippen molar-refractivity contribution in [2.45, 2.75) is 36.9 Å². The largest absolute Gasteiger partial charge is 0.393 e. The summed E-state index contributed by atoms with van der Waals surface area (Å²) >= 11 is 0. The van der Waals surface area contributed by atoms with Crippen LogP contribution in [0.2, 0.25) is 0 Å². The van der Waals surface area contributed by atoms with Crippen molar-refractivity contribution >= 4 is 7.60 Å². The molecule has 132 valence electrons. The minimum atomic E-state index is -4.57. The molecule has 1 heterocycles. The van der Waals surface area contributed by atoms with Gasteiger partial charge in [0.2, 0.25) is 0 Å².